The maximum absolute atomic E-state index is 9.73. The molecule has 1 aromatic heterocycles. The van der Waals surface area contributed by atoms with Gasteiger partial charge in [-0.15, -0.1) is 0 Å². The van der Waals surface area contributed by atoms with Crippen LogP contribution in [0.25, 0.3) is 0 Å². The third kappa shape index (κ3) is 3.08. The van der Waals surface area contributed by atoms with E-state index in [1.54, 1.807) is 13.1 Å². The second-order valence-corrected chi connectivity index (χ2v) is 4.33. The fourth-order valence-electron chi connectivity index (χ4n) is 1.76. The molecule has 1 atom stereocenters. The van der Waals surface area contributed by atoms with Gasteiger partial charge < -0.3 is 9.84 Å². The average Bonchev–Trinajstić information content (AvgIpc) is 2.38. The number of aryl methyl sites for hydroxylation is 1. The SMILES string of the molecule is Cc1ccc(OCc2ccccn2)c([C@@H](C)O)c1. The fourth-order valence-corrected chi connectivity index (χ4v) is 1.76. The van der Waals surface area contributed by atoms with Crippen LogP contribution in [0.15, 0.2) is 42.6 Å². The topological polar surface area (TPSA) is 42.4 Å². The number of rotatable bonds is 4. The van der Waals surface area contributed by atoms with Crippen LogP contribution < -0.4 is 4.74 Å². The third-order valence-electron chi connectivity index (χ3n) is 2.72. The number of aliphatic hydroxyl groups excluding tert-OH is 1. The van der Waals surface area contributed by atoms with Gasteiger partial charge in [-0.25, -0.2) is 0 Å². The number of pyridine rings is 1. The maximum atomic E-state index is 9.73. The zero-order chi connectivity index (χ0) is 13.0. The highest BCUT2D eigenvalue weighted by Crippen LogP contribution is 2.26. The minimum atomic E-state index is -0.538. The highest BCUT2D eigenvalue weighted by Gasteiger charge is 2.09. The van der Waals surface area contributed by atoms with E-state index in [-0.39, 0.29) is 0 Å². The van der Waals surface area contributed by atoms with Gasteiger partial charge in [0.2, 0.25) is 0 Å². The molecule has 0 aliphatic rings. The van der Waals surface area contributed by atoms with Crippen LogP contribution in [0.3, 0.4) is 0 Å². The van der Waals surface area contributed by atoms with E-state index >= 15 is 0 Å². The van der Waals surface area contributed by atoms with Crippen molar-refractivity contribution in [3.05, 3.63) is 59.4 Å². The number of hydrogen-bond donors (Lipinski definition) is 1. The van der Waals surface area contributed by atoms with Crippen LogP contribution in [0.4, 0.5) is 0 Å². The largest absolute Gasteiger partial charge is 0.487 e. The van der Waals surface area contributed by atoms with E-state index in [1.165, 1.54) is 0 Å². The molecule has 94 valence electrons. The van der Waals surface area contributed by atoms with Gasteiger partial charge in [0.05, 0.1) is 11.8 Å². The molecule has 0 unspecified atom stereocenters. The Kier molecular flexibility index (Phi) is 3.95. The molecule has 2 rings (SSSR count). The van der Waals surface area contributed by atoms with Crippen molar-refractivity contribution in [2.24, 2.45) is 0 Å². The molecule has 1 aromatic carbocycles. The zero-order valence-corrected chi connectivity index (χ0v) is 10.6. The fraction of sp³-hybridized carbons (Fsp3) is 0.267. The van der Waals surface area contributed by atoms with Gasteiger partial charge in [0.25, 0.3) is 0 Å². The normalized spacial score (nSPS) is 12.2. The van der Waals surface area contributed by atoms with Crippen molar-refractivity contribution in [3.8, 4) is 5.75 Å². The molecule has 0 fully saturated rings. The van der Waals surface area contributed by atoms with Crippen LogP contribution in [0.1, 0.15) is 29.8 Å². The Hall–Kier alpha value is -1.87. The van der Waals surface area contributed by atoms with E-state index in [0.717, 1.165) is 16.8 Å². The maximum Gasteiger partial charge on any atom is 0.130 e. The summed E-state index contributed by atoms with van der Waals surface area (Å²) in [6, 6.07) is 11.5. The van der Waals surface area contributed by atoms with Crippen molar-refractivity contribution in [2.75, 3.05) is 0 Å². The summed E-state index contributed by atoms with van der Waals surface area (Å²) in [6.45, 7) is 4.14. The molecular formula is C15H17NO2. The van der Waals surface area contributed by atoms with E-state index in [1.807, 2.05) is 43.3 Å². The number of aliphatic hydroxyl groups is 1. The first kappa shape index (κ1) is 12.6. The van der Waals surface area contributed by atoms with Crippen molar-refractivity contribution in [1.29, 1.82) is 0 Å². The number of ether oxygens (including phenoxy) is 1. The summed E-state index contributed by atoms with van der Waals surface area (Å²) in [6.07, 6.45) is 1.20. The van der Waals surface area contributed by atoms with Crippen molar-refractivity contribution in [2.45, 2.75) is 26.6 Å². The molecule has 18 heavy (non-hydrogen) atoms. The van der Waals surface area contributed by atoms with Crippen LogP contribution in [0, 0.1) is 6.92 Å². The summed E-state index contributed by atoms with van der Waals surface area (Å²) >= 11 is 0. The standard InChI is InChI=1S/C15H17NO2/c1-11-6-7-15(14(9-11)12(2)17)18-10-13-5-3-4-8-16-13/h3-9,12,17H,10H2,1-2H3/t12-/m1/s1. The molecule has 1 N–H and O–H groups in total. The monoisotopic (exact) mass is 243 g/mol. The lowest BCUT2D eigenvalue weighted by molar-refractivity contribution is 0.189. The van der Waals surface area contributed by atoms with Crippen molar-refractivity contribution < 1.29 is 9.84 Å². The van der Waals surface area contributed by atoms with Gasteiger partial charge in [-0.05, 0) is 38.1 Å². The minimum absolute atomic E-state index is 0.406. The molecule has 0 saturated carbocycles. The predicted molar refractivity (Wildman–Crippen MR) is 70.4 cm³/mol. The number of aromatic nitrogens is 1. The van der Waals surface area contributed by atoms with Gasteiger partial charge in [-0.3, -0.25) is 4.98 Å². The first-order valence-electron chi connectivity index (χ1n) is 5.98. The molecule has 1 heterocycles. The van der Waals surface area contributed by atoms with Crippen molar-refractivity contribution in [3.63, 3.8) is 0 Å². The summed E-state index contributed by atoms with van der Waals surface area (Å²) in [5.41, 5.74) is 2.79. The van der Waals surface area contributed by atoms with Gasteiger partial charge in [0.1, 0.15) is 12.4 Å². The molecule has 0 radical (unpaired) electrons. The van der Waals surface area contributed by atoms with Gasteiger partial charge in [0.15, 0.2) is 0 Å². The Morgan fingerprint density at radius 3 is 2.78 bits per heavy atom. The van der Waals surface area contributed by atoms with Gasteiger partial charge in [-0.2, -0.15) is 0 Å². The van der Waals surface area contributed by atoms with Gasteiger partial charge in [0, 0.05) is 11.8 Å². The third-order valence-corrected chi connectivity index (χ3v) is 2.72. The molecular weight excluding hydrogens is 226 g/mol. The van der Waals surface area contributed by atoms with Crippen molar-refractivity contribution >= 4 is 0 Å². The lowest BCUT2D eigenvalue weighted by atomic mass is 10.1. The summed E-state index contributed by atoms with van der Waals surface area (Å²) in [7, 11) is 0. The Labute approximate surface area is 107 Å². The average molecular weight is 243 g/mol. The van der Waals surface area contributed by atoms with Crippen LogP contribution in [-0.4, -0.2) is 10.1 Å². The number of nitrogens with zero attached hydrogens (tertiary/aromatic N) is 1. The van der Waals surface area contributed by atoms with E-state index in [4.69, 9.17) is 4.74 Å². The second-order valence-electron chi connectivity index (χ2n) is 4.33. The first-order chi connectivity index (χ1) is 8.66. The number of hydrogen-bond acceptors (Lipinski definition) is 3. The van der Waals surface area contributed by atoms with Crippen LogP contribution >= 0.6 is 0 Å². The van der Waals surface area contributed by atoms with E-state index < -0.39 is 6.10 Å². The molecule has 0 bridgehead atoms. The smallest absolute Gasteiger partial charge is 0.130 e. The quantitative estimate of drug-likeness (QED) is 0.897. The molecule has 3 nitrogen and oxygen atoms in total. The summed E-state index contributed by atoms with van der Waals surface area (Å²) < 4.78 is 5.72. The van der Waals surface area contributed by atoms with E-state index in [0.29, 0.717) is 12.4 Å². The summed E-state index contributed by atoms with van der Waals surface area (Å²) in [4.78, 5) is 4.20. The van der Waals surface area contributed by atoms with Crippen LogP contribution in [0.2, 0.25) is 0 Å². The molecule has 3 heteroatoms. The van der Waals surface area contributed by atoms with Crippen LogP contribution in [0.5, 0.6) is 5.75 Å². The van der Waals surface area contributed by atoms with E-state index in [9.17, 15) is 5.11 Å². The van der Waals surface area contributed by atoms with Crippen molar-refractivity contribution in [1.82, 2.24) is 4.98 Å². The summed E-state index contributed by atoms with van der Waals surface area (Å²) in [5.74, 6) is 0.709. The number of benzene rings is 1. The minimum Gasteiger partial charge on any atom is -0.487 e. The zero-order valence-electron chi connectivity index (χ0n) is 10.6. The van der Waals surface area contributed by atoms with Gasteiger partial charge >= 0.3 is 0 Å². The van der Waals surface area contributed by atoms with Crippen LogP contribution in [-0.2, 0) is 6.61 Å². The van der Waals surface area contributed by atoms with E-state index in [2.05, 4.69) is 4.98 Å². The second kappa shape index (κ2) is 5.65. The predicted octanol–water partition coefficient (Wildman–Crippen LogP) is 3.02. The first-order valence-corrected chi connectivity index (χ1v) is 5.98. The summed E-state index contributed by atoms with van der Waals surface area (Å²) in [5, 5.41) is 9.73. The lowest BCUT2D eigenvalue weighted by Crippen LogP contribution is -2.02. The molecule has 0 spiro atoms. The molecule has 0 amide bonds. The Balaban J connectivity index is 2.14. The molecule has 0 aliphatic carbocycles. The molecule has 0 aliphatic heterocycles. The lowest BCUT2D eigenvalue weighted by Gasteiger charge is -2.14. The Bertz CT molecular complexity index is 509. The highest BCUT2D eigenvalue weighted by molar-refractivity contribution is 5.38. The Morgan fingerprint density at radius 2 is 2.11 bits per heavy atom. The highest BCUT2D eigenvalue weighted by atomic mass is 16.5. The Morgan fingerprint density at radius 1 is 1.28 bits per heavy atom. The molecule has 0 saturated heterocycles. The van der Waals surface area contributed by atoms with Gasteiger partial charge in [-0.1, -0.05) is 17.7 Å². The molecule has 2 aromatic rings.